The molecule has 22 heavy (non-hydrogen) atoms. The van der Waals surface area contributed by atoms with E-state index < -0.39 is 6.10 Å². The van der Waals surface area contributed by atoms with E-state index in [4.69, 9.17) is 0 Å². The van der Waals surface area contributed by atoms with Crippen molar-refractivity contribution in [2.45, 2.75) is 70.0 Å². The molecule has 0 fully saturated rings. The minimum atomic E-state index is -0.552. The van der Waals surface area contributed by atoms with E-state index in [0.717, 1.165) is 55.9 Å². The minimum Gasteiger partial charge on any atom is -0.393 e. The predicted molar refractivity (Wildman–Crippen MR) is 87.7 cm³/mol. The number of hydrogen-bond acceptors (Lipinski definition) is 3. The molecule has 1 aliphatic rings. The molecule has 0 amide bonds. The van der Waals surface area contributed by atoms with Crippen molar-refractivity contribution in [2.24, 2.45) is 5.92 Å². The van der Waals surface area contributed by atoms with Crippen LogP contribution in [0.4, 0.5) is 0 Å². The molecule has 2 N–H and O–H groups in total. The van der Waals surface area contributed by atoms with Crippen LogP contribution in [0.3, 0.4) is 0 Å². The van der Waals surface area contributed by atoms with Crippen LogP contribution < -0.4 is 0 Å². The van der Waals surface area contributed by atoms with Crippen LogP contribution in [0.25, 0.3) is 0 Å². The van der Waals surface area contributed by atoms with Gasteiger partial charge in [-0.2, -0.15) is 0 Å². The number of carbonyl (C=O) groups excluding carboxylic acids is 1. The van der Waals surface area contributed by atoms with Gasteiger partial charge in [0, 0.05) is 12.3 Å². The summed E-state index contributed by atoms with van der Waals surface area (Å²) in [4.78, 5) is 11.0. The Hall–Kier alpha value is -1.19. The fourth-order valence-corrected chi connectivity index (χ4v) is 3.72. The van der Waals surface area contributed by atoms with Crippen LogP contribution in [-0.4, -0.2) is 22.6 Å². The normalized spacial score (nSPS) is 25.0. The van der Waals surface area contributed by atoms with Crippen molar-refractivity contribution in [3.8, 4) is 0 Å². The lowest BCUT2D eigenvalue weighted by Crippen LogP contribution is -2.15. The van der Waals surface area contributed by atoms with E-state index in [1.807, 2.05) is 18.2 Å². The van der Waals surface area contributed by atoms with Crippen molar-refractivity contribution in [3.05, 3.63) is 35.4 Å². The fraction of sp³-hybridized carbons (Fsp3) is 0.632. The summed E-state index contributed by atoms with van der Waals surface area (Å²) in [7, 11) is 0. The summed E-state index contributed by atoms with van der Waals surface area (Å²) in [6.45, 7) is 2.16. The zero-order valence-corrected chi connectivity index (χ0v) is 13.4. The first kappa shape index (κ1) is 17.2. The number of aliphatic hydroxyl groups excluding tert-OH is 2. The average molecular weight is 304 g/mol. The predicted octanol–water partition coefficient (Wildman–Crippen LogP) is 3.74. The summed E-state index contributed by atoms with van der Waals surface area (Å²) in [5.41, 5.74) is 2.11. The van der Waals surface area contributed by atoms with E-state index >= 15 is 0 Å². The lowest BCUT2D eigenvalue weighted by atomic mass is 9.84. The topological polar surface area (TPSA) is 57.5 Å². The van der Waals surface area contributed by atoms with Gasteiger partial charge in [-0.05, 0) is 36.3 Å². The summed E-state index contributed by atoms with van der Waals surface area (Å²) in [6.07, 6.45) is 6.28. The molecule has 0 saturated carbocycles. The van der Waals surface area contributed by atoms with Crippen LogP contribution >= 0.6 is 0 Å². The smallest absolute Gasteiger partial charge is 0.120 e. The molecule has 0 aromatic heterocycles. The Morgan fingerprint density at radius 1 is 1.18 bits per heavy atom. The number of benzene rings is 1. The Balaban J connectivity index is 1.99. The average Bonchev–Trinajstić information content (AvgIpc) is 2.79. The molecule has 4 unspecified atom stereocenters. The second-order valence-electron chi connectivity index (χ2n) is 6.47. The zero-order chi connectivity index (χ0) is 15.9. The van der Waals surface area contributed by atoms with E-state index in [1.54, 1.807) is 0 Å². The summed E-state index contributed by atoms with van der Waals surface area (Å²) in [5.74, 6) is 0.134. The van der Waals surface area contributed by atoms with Gasteiger partial charge < -0.3 is 15.0 Å². The Labute approximate surface area is 133 Å². The lowest BCUT2D eigenvalue weighted by Gasteiger charge is -2.22. The van der Waals surface area contributed by atoms with Gasteiger partial charge in [0.1, 0.15) is 6.29 Å². The first-order valence-electron chi connectivity index (χ1n) is 8.57. The van der Waals surface area contributed by atoms with Crippen LogP contribution in [0.1, 0.15) is 75.0 Å². The van der Waals surface area contributed by atoms with Gasteiger partial charge in [-0.3, -0.25) is 0 Å². The number of aliphatic hydroxyl groups is 2. The second-order valence-corrected chi connectivity index (χ2v) is 6.47. The van der Waals surface area contributed by atoms with Gasteiger partial charge in [0.25, 0.3) is 0 Å². The fourth-order valence-electron chi connectivity index (χ4n) is 3.72. The quantitative estimate of drug-likeness (QED) is 0.539. The van der Waals surface area contributed by atoms with Gasteiger partial charge in [-0.1, -0.05) is 50.5 Å². The maximum absolute atomic E-state index is 11.0. The van der Waals surface area contributed by atoms with Gasteiger partial charge in [-0.25, -0.2) is 0 Å². The van der Waals surface area contributed by atoms with E-state index in [2.05, 4.69) is 13.0 Å². The highest BCUT2D eigenvalue weighted by atomic mass is 16.3. The van der Waals surface area contributed by atoms with Crippen LogP contribution in [0.2, 0.25) is 0 Å². The third-order valence-electron chi connectivity index (χ3n) is 4.96. The van der Waals surface area contributed by atoms with Crippen molar-refractivity contribution < 1.29 is 15.0 Å². The van der Waals surface area contributed by atoms with Crippen LogP contribution in [0.5, 0.6) is 0 Å². The molecule has 3 heteroatoms. The van der Waals surface area contributed by atoms with Crippen LogP contribution in [0, 0.1) is 5.92 Å². The van der Waals surface area contributed by atoms with Crippen molar-refractivity contribution in [1.29, 1.82) is 0 Å². The Morgan fingerprint density at radius 3 is 2.59 bits per heavy atom. The maximum Gasteiger partial charge on any atom is 0.120 e. The SMILES string of the molecule is CCCCCC(O)CCC1c2ccccc2C(O)C1CC=O. The molecule has 3 nitrogen and oxygen atoms in total. The highest BCUT2D eigenvalue weighted by Crippen LogP contribution is 2.48. The summed E-state index contributed by atoms with van der Waals surface area (Å²) in [6, 6.07) is 7.93. The molecule has 1 aromatic rings. The molecule has 0 aliphatic heterocycles. The monoisotopic (exact) mass is 304 g/mol. The molecule has 4 atom stereocenters. The molecule has 0 heterocycles. The van der Waals surface area contributed by atoms with Gasteiger partial charge in [-0.15, -0.1) is 0 Å². The second kappa shape index (κ2) is 8.44. The van der Waals surface area contributed by atoms with Gasteiger partial charge in [0.05, 0.1) is 12.2 Å². The first-order valence-corrected chi connectivity index (χ1v) is 8.57. The molecule has 1 aliphatic carbocycles. The van der Waals surface area contributed by atoms with E-state index in [1.165, 1.54) is 0 Å². The number of aldehydes is 1. The van der Waals surface area contributed by atoms with Crippen molar-refractivity contribution in [1.82, 2.24) is 0 Å². The summed E-state index contributed by atoms with van der Waals surface area (Å²) < 4.78 is 0. The third kappa shape index (κ3) is 3.96. The molecular formula is C19H28O3. The van der Waals surface area contributed by atoms with Crippen LogP contribution in [-0.2, 0) is 4.79 Å². The Kier molecular flexibility index (Phi) is 6.59. The third-order valence-corrected chi connectivity index (χ3v) is 4.96. The molecule has 0 spiro atoms. The molecule has 2 rings (SSSR count). The van der Waals surface area contributed by atoms with Crippen LogP contribution in [0.15, 0.2) is 24.3 Å². The maximum atomic E-state index is 11.0. The molecule has 122 valence electrons. The van der Waals surface area contributed by atoms with Crippen molar-refractivity contribution in [2.75, 3.05) is 0 Å². The van der Waals surface area contributed by atoms with Gasteiger partial charge in [0.2, 0.25) is 0 Å². The molecule has 0 bridgehead atoms. The number of carbonyl (C=O) groups is 1. The largest absolute Gasteiger partial charge is 0.393 e. The summed E-state index contributed by atoms with van der Waals surface area (Å²) in [5, 5.41) is 20.6. The van der Waals surface area contributed by atoms with Gasteiger partial charge >= 0.3 is 0 Å². The van der Waals surface area contributed by atoms with Crippen molar-refractivity contribution in [3.63, 3.8) is 0 Å². The highest BCUT2D eigenvalue weighted by Gasteiger charge is 2.38. The summed E-state index contributed by atoms with van der Waals surface area (Å²) >= 11 is 0. The van der Waals surface area contributed by atoms with E-state index in [0.29, 0.717) is 6.42 Å². The zero-order valence-electron chi connectivity index (χ0n) is 13.4. The molecular weight excluding hydrogens is 276 g/mol. The van der Waals surface area contributed by atoms with E-state index in [9.17, 15) is 15.0 Å². The molecule has 0 saturated heterocycles. The standard InChI is InChI=1S/C19H28O3/c1-2-3-4-7-14(21)10-11-16-15-8-5-6-9-17(15)19(22)18(16)12-13-20/h5-6,8-9,13-14,16,18-19,21-22H,2-4,7,10-12H2,1H3. The molecule has 0 radical (unpaired) electrons. The number of unbranched alkanes of at least 4 members (excludes halogenated alkanes) is 2. The van der Waals surface area contributed by atoms with Crippen molar-refractivity contribution >= 4 is 6.29 Å². The number of rotatable bonds is 9. The Bertz CT molecular complexity index is 472. The Morgan fingerprint density at radius 2 is 1.91 bits per heavy atom. The lowest BCUT2D eigenvalue weighted by molar-refractivity contribution is -0.109. The number of hydrogen-bond donors (Lipinski definition) is 2. The van der Waals surface area contributed by atoms with E-state index in [-0.39, 0.29) is 17.9 Å². The minimum absolute atomic E-state index is 0.0438. The first-order chi connectivity index (χ1) is 10.7. The van der Waals surface area contributed by atoms with Gasteiger partial charge in [0.15, 0.2) is 0 Å². The number of fused-ring (bicyclic) bond motifs is 1. The molecule has 1 aromatic carbocycles. The highest BCUT2D eigenvalue weighted by molar-refractivity contribution is 5.52.